The highest BCUT2D eigenvalue weighted by Gasteiger charge is 2.47. The molecule has 1 aliphatic rings. The molecule has 0 spiro atoms. The van der Waals surface area contributed by atoms with E-state index in [0.717, 1.165) is 12.1 Å². The molecule has 5 N–H and O–H groups in total. The number of hydrogen-bond donors (Lipinski definition) is 4. The van der Waals surface area contributed by atoms with E-state index < -0.39 is 41.9 Å². The molecule has 0 aliphatic heterocycles. The average Bonchev–Trinajstić information content (AvgIpc) is 2.91. The minimum atomic E-state index is -1.26. The second kappa shape index (κ2) is 8.12. The second-order valence-electron chi connectivity index (χ2n) is 6.48. The van der Waals surface area contributed by atoms with Crippen LogP contribution in [0.1, 0.15) is 25.5 Å². The van der Waals surface area contributed by atoms with Crippen LogP contribution in [0.25, 0.3) is 0 Å². The quantitative estimate of drug-likeness (QED) is 0.629. The molecule has 0 saturated heterocycles. The van der Waals surface area contributed by atoms with Crippen LogP contribution >= 0.6 is 0 Å². The number of anilines is 2. The third-order valence-electron chi connectivity index (χ3n) is 4.92. The van der Waals surface area contributed by atoms with Crippen LogP contribution in [0.4, 0.5) is 20.4 Å². The fourth-order valence-electron chi connectivity index (χ4n) is 3.41. The van der Waals surface area contributed by atoms with Crippen LogP contribution in [0.15, 0.2) is 30.6 Å². The smallest absolute Gasteiger partial charge is 0.159 e. The van der Waals surface area contributed by atoms with Gasteiger partial charge in [0.05, 0.1) is 18.2 Å². The number of aliphatic hydroxyl groups excluding tert-OH is 3. The van der Waals surface area contributed by atoms with Crippen LogP contribution in [0.3, 0.4) is 0 Å². The number of likely N-dealkylation sites (N-methyl/N-ethyl adjacent to an activating group) is 1. The summed E-state index contributed by atoms with van der Waals surface area (Å²) in [5.41, 5.74) is 5.77. The minimum Gasteiger partial charge on any atom is -0.390 e. The monoisotopic (exact) mass is 382 g/mol. The molecule has 1 aromatic carbocycles. The molecule has 1 aliphatic carbocycles. The maximum Gasteiger partial charge on any atom is 0.159 e. The first-order valence-corrected chi connectivity index (χ1v) is 8.09. The molecule has 0 radical (unpaired) electrons. The first-order valence-electron chi connectivity index (χ1n) is 8.09. The average molecular weight is 382 g/mol. The van der Waals surface area contributed by atoms with Gasteiger partial charge in [0.15, 0.2) is 11.6 Å². The molecule has 7 nitrogen and oxygen atoms in total. The van der Waals surface area contributed by atoms with Crippen molar-refractivity contribution >= 4 is 11.6 Å². The molecule has 5 atom stereocenters. The van der Waals surface area contributed by atoms with Crippen molar-refractivity contribution in [3.05, 3.63) is 47.8 Å². The number of nitrogens with two attached hydrogens (primary N) is 1. The van der Waals surface area contributed by atoms with E-state index >= 15 is 0 Å². The van der Waals surface area contributed by atoms with E-state index in [-0.39, 0.29) is 25.2 Å². The fourth-order valence-corrected chi connectivity index (χ4v) is 3.41. The molecule has 1 fully saturated rings. The molecule has 3 rings (SSSR count). The van der Waals surface area contributed by atoms with E-state index in [2.05, 4.69) is 9.97 Å². The van der Waals surface area contributed by atoms with Crippen LogP contribution in [-0.2, 0) is 0 Å². The molecule has 0 amide bonds. The Morgan fingerprint density at radius 3 is 2.48 bits per heavy atom. The zero-order valence-electron chi connectivity index (χ0n) is 14.0. The summed E-state index contributed by atoms with van der Waals surface area (Å²) in [6.45, 7) is 0. The van der Waals surface area contributed by atoms with Gasteiger partial charge in [0.1, 0.15) is 24.1 Å². The van der Waals surface area contributed by atoms with Crippen molar-refractivity contribution in [2.24, 2.45) is 5.92 Å². The summed E-state index contributed by atoms with van der Waals surface area (Å²) in [6, 6.07) is 4.03. The maximum absolute atomic E-state index is 13.4. The Morgan fingerprint density at radius 1 is 1.15 bits per heavy atom. The second-order valence-corrected chi connectivity index (χ2v) is 6.48. The Kier molecular flexibility index (Phi) is 6.30. The number of benzene rings is 1. The van der Waals surface area contributed by atoms with Crippen molar-refractivity contribution in [1.29, 1.82) is 0 Å². The van der Waals surface area contributed by atoms with Gasteiger partial charge in [-0.25, -0.2) is 18.7 Å². The first-order chi connectivity index (χ1) is 12.3. The highest BCUT2D eigenvalue weighted by molar-refractivity contribution is 5.46. The highest BCUT2D eigenvalue weighted by atomic mass is 19.2. The Balaban J connectivity index is 0.00000261. The molecule has 0 bridgehead atoms. The Bertz CT molecular complexity index is 795. The Labute approximate surface area is 156 Å². The van der Waals surface area contributed by atoms with Crippen LogP contribution in [-0.4, -0.2) is 50.6 Å². The first kappa shape index (κ1) is 20.9. The van der Waals surface area contributed by atoms with E-state index in [9.17, 15) is 24.1 Å². The van der Waals surface area contributed by atoms with Gasteiger partial charge in [-0.1, -0.05) is 13.5 Å². The molecule has 1 saturated carbocycles. The number of halogens is 2. The third kappa shape index (κ3) is 4.00. The van der Waals surface area contributed by atoms with Gasteiger partial charge in [0, 0.05) is 19.0 Å². The van der Waals surface area contributed by atoms with Crippen LogP contribution in [0.5, 0.6) is 0 Å². The van der Waals surface area contributed by atoms with Crippen molar-refractivity contribution in [3.63, 3.8) is 0 Å². The molecular formula is C18H24F2N4O3. The maximum atomic E-state index is 13.4. The van der Waals surface area contributed by atoms with Crippen LogP contribution in [0, 0.1) is 17.6 Å². The Hall–Kier alpha value is -2.36. The van der Waals surface area contributed by atoms with E-state index in [0.29, 0.717) is 5.82 Å². The van der Waals surface area contributed by atoms with Crippen molar-refractivity contribution in [3.8, 4) is 0 Å². The van der Waals surface area contributed by atoms with Crippen molar-refractivity contribution in [2.75, 3.05) is 17.7 Å². The van der Waals surface area contributed by atoms with Gasteiger partial charge in [0.2, 0.25) is 0 Å². The van der Waals surface area contributed by atoms with Crippen molar-refractivity contribution in [2.45, 2.75) is 38.2 Å². The summed E-state index contributed by atoms with van der Waals surface area (Å²) in [5.74, 6) is -2.15. The molecular weight excluding hydrogens is 358 g/mol. The molecule has 9 heteroatoms. The summed E-state index contributed by atoms with van der Waals surface area (Å²) in [6.07, 6.45) is -2.18. The van der Waals surface area contributed by atoms with E-state index in [1.165, 1.54) is 18.5 Å². The molecule has 148 valence electrons. The number of aliphatic hydroxyl groups is 3. The van der Waals surface area contributed by atoms with Gasteiger partial charge in [-0.2, -0.15) is 0 Å². The number of nitrogens with zero attached hydrogens (tertiary/aromatic N) is 3. The van der Waals surface area contributed by atoms with Gasteiger partial charge >= 0.3 is 0 Å². The van der Waals surface area contributed by atoms with Crippen LogP contribution in [0.2, 0.25) is 0 Å². The normalized spacial score (nSPS) is 25.7. The molecule has 1 heterocycles. The van der Waals surface area contributed by atoms with E-state index in [4.69, 9.17) is 5.73 Å². The van der Waals surface area contributed by atoms with Gasteiger partial charge < -0.3 is 26.0 Å². The molecule has 0 unspecified atom stereocenters. The number of hydrogen-bond acceptors (Lipinski definition) is 7. The lowest BCUT2D eigenvalue weighted by atomic mass is 9.92. The lowest BCUT2D eigenvalue weighted by molar-refractivity contribution is -0.0232. The standard InChI is InChI=1S/C17H20F2N4O3.CH4/c1-23(14-6-13(20)21-7-22-14)12-5-9(16(25)17(12)26)15(24)8-2-3-10(18)11(19)4-8;/h2-4,6-7,9,12,15-17,24-26H,5H2,1H3,(H2,20,21,22);1H4/t9-,12-,15+,16-,17+;/m1./s1. The van der Waals surface area contributed by atoms with Gasteiger partial charge in [0.25, 0.3) is 0 Å². The molecule has 2 aromatic rings. The zero-order valence-corrected chi connectivity index (χ0v) is 14.0. The third-order valence-corrected chi connectivity index (χ3v) is 4.92. The highest BCUT2D eigenvalue weighted by Crippen LogP contribution is 2.39. The van der Waals surface area contributed by atoms with Crippen molar-refractivity contribution < 1.29 is 24.1 Å². The number of aromatic nitrogens is 2. The molecule has 27 heavy (non-hydrogen) atoms. The summed E-state index contributed by atoms with van der Waals surface area (Å²) in [4.78, 5) is 9.53. The largest absolute Gasteiger partial charge is 0.390 e. The summed E-state index contributed by atoms with van der Waals surface area (Å²) >= 11 is 0. The lowest BCUT2D eigenvalue weighted by Gasteiger charge is -2.28. The van der Waals surface area contributed by atoms with Crippen LogP contribution < -0.4 is 10.6 Å². The summed E-state index contributed by atoms with van der Waals surface area (Å²) in [7, 11) is 1.68. The predicted octanol–water partition coefficient (Wildman–Crippen LogP) is 1.25. The fraction of sp³-hybridized carbons (Fsp3) is 0.444. The number of rotatable bonds is 4. The van der Waals surface area contributed by atoms with Crippen molar-refractivity contribution in [1.82, 2.24) is 9.97 Å². The van der Waals surface area contributed by atoms with E-state index in [1.807, 2.05) is 0 Å². The lowest BCUT2D eigenvalue weighted by Crippen LogP contribution is -2.41. The summed E-state index contributed by atoms with van der Waals surface area (Å²) in [5, 5.41) is 31.3. The topological polar surface area (TPSA) is 116 Å². The van der Waals surface area contributed by atoms with Gasteiger partial charge in [-0.15, -0.1) is 0 Å². The predicted molar refractivity (Wildman–Crippen MR) is 96.8 cm³/mol. The van der Waals surface area contributed by atoms with E-state index in [1.54, 1.807) is 11.9 Å². The van der Waals surface area contributed by atoms with Gasteiger partial charge in [-0.05, 0) is 24.1 Å². The summed E-state index contributed by atoms with van der Waals surface area (Å²) < 4.78 is 26.5. The number of nitrogen functional groups attached to an aromatic ring is 1. The minimum absolute atomic E-state index is 0. The SMILES string of the molecule is C.CN(c1cc(N)ncn1)[C@@H]1C[C@H]([C@@H](O)c2ccc(F)c(F)c2)[C@@H](O)[C@H]1O. The Morgan fingerprint density at radius 2 is 1.85 bits per heavy atom. The molecule has 1 aromatic heterocycles. The zero-order chi connectivity index (χ0) is 19.0. The van der Waals surface area contributed by atoms with Gasteiger partial charge in [-0.3, -0.25) is 0 Å².